The second-order valence-electron chi connectivity index (χ2n) is 11.2. The number of phosphoric acid groups is 1. The number of carbonyl (C=O) groups is 3. The summed E-state index contributed by atoms with van der Waals surface area (Å²) < 4.78 is 59.4. The first-order valence-electron chi connectivity index (χ1n) is 14.6. The Bertz CT molecular complexity index is 1500. The van der Waals surface area contributed by atoms with Gasteiger partial charge in [0.15, 0.2) is 13.2 Å². The summed E-state index contributed by atoms with van der Waals surface area (Å²) in [6.45, 7) is -1.22. The highest BCUT2D eigenvalue weighted by Crippen LogP contribution is 2.44. The molecule has 13 nitrogen and oxygen atoms in total. The molecule has 3 unspecified atom stereocenters. The number of phosphoric ester groups is 1. The molecule has 2 aromatic rings. The lowest BCUT2D eigenvalue weighted by atomic mass is 9.63. The van der Waals surface area contributed by atoms with Crippen LogP contribution in [0.1, 0.15) is 38.5 Å². The summed E-state index contributed by atoms with van der Waals surface area (Å²) in [5.41, 5.74) is -1.02. The maximum absolute atomic E-state index is 13.8. The highest BCUT2D eigenvalue weighted by atomic mass is 35.5. The standard InChI is InChI=1S/C29H34Cl2F2N3O10P/c30-20-6-4-18(11-22(20)32)43-15-26(37)35-24-13-25(46-28(39)34-9-2-10-45-47(40,41)42)29(8-1-3-17(24)14-29)36-27(38)16-44-19-5-7-21(31)23(33)12-19/h4-7,11-12,17,24-25H,1-3,8-10,13-16H2,(H,34,39)(H,35,37)(H,36,38)(H2,40,41,42)/t17?,24?,25-,29?/m0/s1. The summed E-state index contributed by atoms with van der Waals surface area (Å²) in [6.07, 6.45) is 0.570. The molecule has 3 amide bonds. The largest absolute Gasteiger partial charge is 0.484 e. The maximum atomic E-state index is 13.8. The monoisotopic (exact) mass is 723 g/mol. The lowest BCUT2D eigenvalue weighted by Crippen LogP contribution is -2.67. The first-order chi connectivity index (χ1) is 22.2. The van der Waals surface area contributed by atoms with Gasteiger partial charge >= 0.3 is 13.9 Å². The Balaban J connectivity index is 1.41. The SMILES string of the molecule is O=C(COc1ccc(Cl)c(F)c1)NC1C[C@H](OC(=O)NCCCOP(=O)(O)O)C2(NC(=O)COc3ccc(Cl)c(F)c3)CCCC1C2. The van der Waals surface area contributed by atoms with Gasteiger partial charge < -0.3 is 39.9 Å². The van der Waals surface area contributed by atoms with Crippen LogP contribution in [0.2, 0.25) is 10.0 Å². The van der Waals surface area contributed by atoms with E-state index in [2.05, 4.69) is 20.5 Å². The molecule has 5 N–H and O–H groups in total. The lowest BCUT2D eigenvalue weighted by Gasteiger charge is -2.52. The van der Waals surface area contributed by atoms with Gasteiger partial charge in [-0.1, -0.05) is 29.6 Å². The molecule has 2 aliphatic rings. The van der Waals surface area contributed by atoms with Crippen molar-refractivity contribution in [2.45, 2.75) is 56.2 Å². The van der Waals surface area contributed by atoms with Crippen LogP contribution >= 0.6 is 31.0 Å². The molecule has 2 bridgehead atoms. The van der Waals surface area contributed by atoms with Crippen molar-refractivity contribution in [3.05, 3.63) is 58.1 Å². The molecule has 0 aromatic heterocycles. The second kappa shape index (κ2) is 16.3. The Labute approximate surface area is 278 Å². The van der Waals surface area contributed by atoms with Gasteiger partial charge in [-0.3, -0.25) is 14.1 Å². The Hall–Kier alpha value is -3.20. The van der Waals surface area contributed by atoms with Crippen LogP contribution in [-0.2, 0) is 23.4 Å². The van der Waals surface area contributed by atoms with Crippen LogP contribution in [0.3, 0.4) is 0 Å². The molecular weight excluding hydrogens is 690 g/mol. The smallest absolute Gasteiger partial charge is 0.469 e. The zero-order chi connectivity index (χ0) is 34.2. The van der Waals surface area contributed by atoms with Crippen molar-refractivity contribution < 1.29 is 56.3 Å². The van der Waals surface area contributed by atoms with Gasteiger partial charge in [0.1, 0.15) is 29.2 Å². The molecule has 47 heavy (non-hydrogen) atoms. The van der Waals surface area contributed by atoms with Gasteiger partial charge in [-0.25, -0.2) is 18.1 Å². The molecule has 18 heteroatoms. The minimum Gasteiger partial charge on any atom is -0.484 e. The number of benzene rings is 2. The average Bonchev–Trinajstić information content (AvgIpc) is 3.00. The molecule has 0 radical (unpaired) electrons. The summed E-state index contributed by atoms with van der Waals surface area (Å²) in [6, 6.07) is 7.07. The molecule has 0 aliphatic heterocycles. The van der Waals surface area contributed by atoms with E-state index < -0.39 is 68.3 Å². The summed E-state index contributed by atoms with van der Waals surface area (Å²) in [5, 5.41) is 8.17. The molecule has 0 heterocycles. The van der Waals surface area contributed by atoms with Gasteiger partial charge in [0.25, 0.3) is 11.8 Å². The van der Waals surface area contributed by atoms with E-state index >= 15 is 0 Å². The summed E-state index contributed by atoms with van der Waals surface area (Å²) in [4.78, 5) is 56.4. The fourth-order valence-corrected chi connectivity index (χ4v) is 6.38. The number of amides is 3. The third-order valence-corrected chi connectivity index (χ3v) is 8.97. The highest BCUT2D eigenvalue weighted by Gasteiger charge is 2.53. The number of nitrogens with one attached hydrogen (secondary N) is 3. The van der Waals surface area contributed by atoms with Crippen molar-refractivity contribution in [3.63, 3.8) is 0 Å². The van der Waals surface area contributed by atoms with Crippen molar-refractivity contribution in [2.24, 2.45) is 5.92 Å². The van der Waals surface area contributed by atoms with E-state index in [0.29, 0.717) is 25.7 Å². The first kappa shape index (κ1) is 36.6. The molecule has 2 aliphatic carbocycles. The average molecular weight is 724 g/mol. The summed E-state index contributed by atoms with van der Waals surface area (Å²) in [5.74, 6) is -2.36. The van der Waals surface area contributed by atoms with Crippen molar-refractivity contribution in [2.75, 3.05) is 26.4 Å². The number of halogens is 4. The zero-order valence-corrected chi connectivity index (χ0v) is 27.3. The topological polar surface area (TPSA) is 182 Å². The zero-order valence-electron chi connectivity index (χ0n) is 24.9. The number of hydrogen-bond donors (Lipinski definition) is 5. The lowest BCUT2D eigenvalue weighted by molar-refractivity contribution is -0.133. The molecule has 0 saturated heterocycles. The fraction of sp³-hybridized carbons (Fsp3) is 0.483. The third kappa shape index (κ3) is 10.9. The highest BCUT2D eigenvalue weighted by molar-refractivity contribution is 7.46. The minimum atomic E-state index is -4.65. The summed E-state index contributed by atoms with van der Waals surface area (Å²) in [7, 11) is -4.65. The van der Waals surface area contributed by atoms with E-state index in [1.807, 2.05) is 0 Å². The van der Waals surface area contributed by atoms with Crippen LogP contribution in [0.4, 0.5) is 13.6 Å². The number of hydrogen-bond acceptors (Lipinski definition) is 8. The van der Waals surface area contributed by atoms with Crippen LogP contribution in [0, 0.1) is 17.6 Å². The predicted molar refractivity (Wildman–Crippen MR) is 164 cm³/mol. The molecular formula is C29H34Cl2F2N3O10P. The molecule has 0 spiro atoms. The Morgan fingerprint density at radius 2 is 1.60 bits per heavy atom. The molecule has 4 rings (SSSR count). The van der Waals surface area contributed by atoms with Crippen LogP contribution in [-0.4, -0.2) is 71.7 Å². The van der Waals surface area contributed by atoms with Gasteiger partial charge in [-0.2, -0.15) is 0 Å². The molecule has 2 aromatic carbocycles. The van der Waals surface area contributed by atoms with Crippen molar-refractivity contribution in [1.29, 1.82) is 0 Å². The van der Waals surface area contributed by atoms with E-state index in [9.17, 15) is 27.7 Å². The van der Waals surface area contributed by atoms with Crippen LogP contribution in [0.5, 0.6) is 11.5 Å². The van der Waals surface area contributed by atoms with E-state index in [4.69, 9.17) is 47.2 Å². The number of fused-ring (bicyclic) bond motifs is 2. The van der Waals surface area contributed by atoms with Crippen molar-refractivity contribution >= 4 is 48.9 Å². The van der Waals surface area contributed by atoms with Crippen molar-refractivity contribution in [1.82, 2.24) is 16.0 Å². The molecule has 2 fully saturated rings. The van der Waals surface area contributed by atoms with E-state index in [1.54, 1.807) is 0 Å². The maximum Gasteiger partial charge on any atom is 0.469 e. The Kier molecular flexibility index (Phi) is 12.7. The first-order valence-corrected chi connectivity index (χ1v) is 16.9. The van der Waals surface area contributed by atoms with Gasteiger partial charge in [-0.05, 0) is 55.9 Å². The molecule has 258 valence electrons. The number of alkyl carbamates (subject to hydrolysis) is 1. The predicted octanol–water partition coefficient (Wildman–Crippen LogP) is 4.26. The number of rotatable bonds is 14. The van der Waals surface area contributed by atoms with Crippen LogP contribution in [0.15, 0.2) is 36.4 Å². The van der Waals surface area contributed by atoms with Gasteiger partial charge in [0, 0.05) is 31.1 Å². The fourth-order valence-electron chi connectivity index (χ4n) is 5.78. The normalized spacial score (nSPS) is 22.1. The van der Waals surface area contributed by atoms with Crippen LogP contribution < -0.4 is 25.4 Å². The van der Waals surface area contributed by atoms with Gasteiger partial charge in [0.05, 0.1) is 22.2 Å². The van der Waals surface area contributed by atoms with E-state index in [-0.39, 0.29) is 53.5 Å². The van der Waals surface area contributed by atoms with Crippen molar-refractivity contribution in [3.8, 4) is 11.5 Å². The number of carbonyl (C=O) groups excluding carboxylic acids is 3. The minimum absolute atomic E-state index is 0.0260. The van der Waals surface area contributed by atoms with E-state index in [1.165, 1.54) is 24.3 Å². The second-order valence-corrected chi connectivity index (χ2v) is 13.3. The molecule has 4 atom stereocenters. The quantitative estimate of drug-likeness (QED) is 0.140. The third-order valence-electron chi connectivity index (χ3n) is 7.83. The summed E-state index contributed by atoms with van der Waals surface area (Å²) >= 11 is 11.4. The van der Waals surface area contributed by atoms with Gasteiger partial charge in [-0.15, -0.1) is 0 Å². The van der Waals surface area contributed by atoms with Crippen LogP contribution in [0.25, 0.3) is 0 Å². The van der Waals surface area contributed by atoms with E-state index in [0.717, 1.165) is 12.1 Å². The Morgan fingerprint density at radius 1 is 0.979 bits per heavy atom. The molecule has 2 saturated carbocycles. The number of ether oxygens (including phenoxy) is 3. The Morgan fingerprint density at radius 3 is 2.19 bits per heavy atom. The van der Waals surface area contributed by atoms with Gasteiger partial charge in [0.2, 0.25) is 0 Å².